The Morgan fingerprint density at radius 1 is 1.11 bits per heavy atom. The maximum Gasteiger partial charge on any atom is 0.330 e. The first-order valence-corrected chi connectivity index (χ1v) is 6.10. The smallest absolute Gasteiger partial charge is 0.330 e. The Bertz CT molecular complexity index is 374. The molecule has 2 N–H and O–H groups in total. The van der Waals surface area contributed by atoms with Crippen molar-refractivity contribution in [1.82, 2.24) is 5.32 Å². The molecule has 0 spiro atoms. The summed E-state index contributed by atoms with van der Waals surface area (Å²) in [6.07, 6.45) is 0. The second kappa shape index (κ2) is 8.28. The fourth-order valence-electron chi connectivity index (χ4n) is 1.24. The fourth-order valence-corrected chi connectivity index (χ4v) is 1.24. The number of amides is 1. The summed E-state index contributed by atoms with van der Waals surface area (Å²) in [5.74, 6) is -1.55. The molecule has 1 amide bonds. The van der Waals surface area contributed by atoms with Gasteiger partial charge in [-0.05, 0) is 5.56 Å². The van der Waals surface area contributed by atoms with Gasteiger partial charge in [0.2, 0.25) is 5.91 Å². The summed E-state index contributed by atoms with van der Waals surface area (Å²) in [5, 5.41) is 11.5. The molecule has 1 aromatic rings. The van der Waals surface area contributed by atoms with Crippen molar-refractivity contribution in [3.8, 4) is 0 Å². The Morgan fingerprint density at radius 3 is 2.00 bits per heavy atom. The SMILES string of the molecule is CC.CC(C)C(=O)NC(C(=O)O)c1ccccc1. The Balaban J connectivity index is 0.00000137. The van der Waals surface area contributed by atoms with Gasteiger partial charge in [0.1, 0.15) is 0 Å². The molecule has 1 aromatic carbocycles. The van der Waals surface area contributed by atoms with Crippen molar-refractivity contribution in [2.75, 3.05) is 0 Å². The summed E-state index contributed by atoms with van der Waals surface area (Å²) in [7, 11) is 0. The maximum absolute atomic E-state index is 11.5. The second-order valence-corrected chi connectivity index (χ2v) is 3.85. The quantitative estimate of drug-likeness (QED) is 0.864. The highest BCUT2D eigenvalue weighted by Gasteiger charge is 2.22. The summed E-state index contributed by atoms with van der Waals surface area (Å²) < 4.78 is 0. The van der Waals surface area contributed by atoms with Crippen LogP contribution in [0.1, 0.15) is 39.3 Å². The van der Waals surface area contributed by atoms with E-state index in [0.717, 1.165) is 0 Å². The minimum absolute atomic E-state index is 0.231. The molecule has 18 heavy (non-hydrogen) atoms. The van der Waals surface area contributed by atoms with Crippen molar-refractivity contribution in [1.29, 1.82) is 0 Å². The van der Waals surface area contributed by atoms with Gasteiger partial charge in [-0.15, -0.1) is 0 Å². The van der Waals surface area contributed by atoms with Crippen LogP contribution in [0.2, 0.25) is 0 Å². The fraction of sp³-hybridized carbons (Fsp3) is 0.429. The maximum atomic E-state index is 11.5. The van der Waals surface area contributed by atoms with Gasteiger partial charge in [-0.3, -0.25) is 4.79 Å². The predicted molar refractivity (Wildman–Crippen MR) is 71.1 cm³/mol. The monoisotopic (exact) mass is 251 g/mol. The lowest BCUT2D eigenvalue weighted by Gasteiger charge is -2.16. The lowest BCUT2D eigenvalue weighted by Crippen LogP contribution is -2.36. The summed E-state index contributed by atoms with van der Waals surface area (Å²) >= 11 is 0. The van der Waals surface area contributed by atoms with Crippen molar-refractivity contribution >= 4 is 11.9 Å². The van der Waals surface area contributed by atoms with Gasteiger partial charge in [-0.25, -0.2) is 4.79 Å². The molecule has 0 aromatic heterocycles. The summed E-state index contributed by atoms with van der Waals surface area (Å²) in [6, 6.07) is 7.67. The zero-order valence-corrected chi connectivity index (χ0v) is 11.3. The normalized spacial score (nSPS) is 11.2. The van der Waals surface area contributed by atoms with Crippen LogP contribution in [0, 0.1) is 5.92 Å². The van der Waals surface area contributed by atoms with E-state index in [-0.39, 0.29) is 11.8 Å². The Kier molecular flexibility index (Phi) is 7.43. The minimum atomic E-state index is -1.06. The van der Waals surface area contributed by atoms with Gasteiger partial charge in [0.25, 0.3) is 0 Å². The molecule has 4 nitrogen and oxygen atoms in total. The molecule has 4 heteroatoms. The van der Waals surface area contributed by atoms with E-state index in [9.17, 15) is 9.59 Å². The zero-order chi connectivity index (χ0) is 14.1. The molecule has 0 heterocycles. The largest absolute Gasteiger partial charge is 0.479 e. The number of rotatable bonds is 4. The van der Waals surface area contributed by atoms with Crippen molar-refractivity contribution in [3.63, 3.8) is 0 Å². The van der Waals surface area contributed by atoms with Crippen LogP contribution >= 0.6 is 0 Å². The van der Waals surface area contributed by atoms with Crippen molar-refractivity contribution in [2.24, 2.45) is 5.92 Å². The highest BCUT2D eigenvalue weighted by Crippen LogP contribution is 2.13. The van der Waals surface area contributed by atoms with E-state index in [0.29, 0.717) is 5.56 Å². The highest BCUT2D eigenvalue weighted by molar-refractivity contribution is 5.85. The minimum Gasteiger partial charge on any atom is -0.479 e. The Morgan fingerprint density at radius 2 is 1.61 bits per heavy atom. The lowest BCUT2D eigenvalue weighted by atomic mass is 10.1. The number of nitrogens with one attached hydrogen (secondary N) is 1. The predicted octanol–water partition coefficient (Wildman–Crippen LogP) is 2.61. The zero-order valence-electron chi connectivity index (χ0n) is 11.3. The molecule has 0 fully saturated rings. The number of carbonyl (C=O) groups is 2. The Hall–Kier alpha value is -1.84. The second-order valence-electron chi connectivity index (χ2n) is 3.85. The van der Waals surface area contributed by atoms with Crippen LogP contribution in [0.3, 0.4) is 0 Å². The van der Waals surface area contributed by atoms with Gasteiger partial charge >= 0.3 is 5.97 Å². The van der Waals surface area contributed by atoms with Crippen molar-refractivity contribution in [3.05, 3.63) is 35.9 Å². The van der Waals surface area contributed by atoms with E-state index < -0.39 is 12.0 Å². The van der Waals surface area contributed by atoms with E-state index in [1.54, 1.807) is 44.2 Å². The van der Waals surface area contributed by atoms with Crippen molar-refractivity contribution in [2.45, 2.75) is 33.7 Å². The first-order valence-electron chi connectivity index (χ1n) is 6.10. The van der Waals surface area contributed by atoms with Gasteiger partial charge in [-0.1, -0.05) is 58.0 Å². The molecular formula is C14H21NO3. The van der Waals surface area contributed by atoms with Crippen LogP contribution in [0.25, 0.3) is 0 Å². The topological polar surface area (TPSA) is 66.4 Å². The number of carbonyl (C=O) groups excluding carboxylic acids is 1. The molecule has 0 aliphatic heterocycles. The summed E-state index contributed by atoms with van der Waals surface area (Å²) in [5.41, 5.74) is 0.573. The average molecular weight is 251 g/mol. The van der Waals surface area contributed by atoms with E-state index in [4.69, 9.17) is 5.11 Å². The Labute approximate surface area is 108 Å². The number of carboxylic acids is 1. The molecule has 1 rings (SSSR count). The van der Waals surface area contributed by atoms with Gasteiger partial charge in [0.15, 0.2) is 6.04 Å². The molecule has 0 radical (unpaired) electrons. The third kappa shape index (κ3) is 4.99. The summed E-state index contributed by atoms with van der Waals surface area (Å²) in [6.45, 7) is 7.44. The highest BCUT2D eigenvalue weighted by atomic mass is 16.4. The molecule has 0 saturated carbocycles. The van der Waals surface area contributed by atoms with Crippen LogP contribution in [0.4, 0.5) is 0 Å². The lowest BCUT2D eigenvalue weighted by molar-refractivity contribution is -0.142. The average Bonchev–Trinajstić information content (AvgIpc) is 2.38. The molecule has 0 saturated heterocycles. The third-order valence-electron chi connectivity index (χ3n) is 2.19. The van der Waals surface area contributed by atoms with E-state index >= 15 is 0 Å². The molecular weight excluding hydrogens is 230 g/mol. The molecule has 1 atom stereocenters. The number of aliphatic carboxylic acids is 1. The number of carboxylic acid groups (broad SMARTS) is 1. The van der Waals surface area contributed by atoms with Crippen LogP contribution in [0.15, 0.2) is 30.3 Å². The van der Waals surface area contributed by atoms with Crippen LogP contribution < -0.4 is 5.32 Å². The molecule has 1 unspecified atom stereocenters. The van der Waals surface area contributed by atoms with Gasteiger partial charge < -0.3 is 10.4 Å². The first kappa shape index (κ1) is 16.2. The van der Waals surface area contributed by atoms with E-state index in [1.165, 1.54) is 0 Å². The van der Waals surface area contributed by atoms with Crippen LogP contribution in [-0.4, -0.2) is 17.0 Å². The van der Waals surface area contributed by atoms with Crippen molar-refractivity contribution < 1.29 is 14.7 Å². The van der Waals surface area contributed by atoms with E-state index in [2.05, 4.69) is 5.32 Å². The summed E-state index contributed by atoms with van der Waals surface area (Å²) in [4.78, 5) is 22.5. The molecule has 100 valence electrons. The number of benzene rings is 1. The molecule has 0 aliphatic rings. The van der Waals surface area contributed by atoms with Crippen LogP contribution in [-0.2, 0) is 9.59 Å². The molecule has 0 bridgehead atoms. The third-order valence-corrected chi connectivity index (χ3v) is 2.19. The number of hydrogen-bond acceptors (Lipinski definition) is 2. The molecule has 0 aliphatic carbocycles. The van der Waals surface area contributed by atoms with Gasteiger partial charge in [0, 0.05) is 5.92 Å². The van der Waals surface area contributed by atoms with Gasteiger partial charge in [-0.2, -0.15) is 0 Å². The van der Waals surface area contributed by atoms with E-state index in [1.807, 2.05) is 13.8 Å². The number of hydrogen-bond donors (Lipinski definition) is 2. The first-order chi connectivity index (χ1) is 8.52. The van der Waals surface area contributed by atoms with Gasteiger partial charge in [0.05, 0.1) is 0 Å². The standard InChI is InChI=1S/C12H15NO3.C2H6/c1-8(2)11(14)13-10(12(15)16)9-6-4-3-5-7-9;1-2/h3-8,10H,1-2H3,(H,13,14)(H,15,16);1-2H3. The van der Waals surface area contributed by atoms with Crippen LogP contribution in [0.5, 0.6) is 0 Å².